The quantitative estimate of drug-likeness (QED) is 0.452. The fourth-order valence-electron chi connectivity index (χ4n) is 0.161. The van der Waals surface area contributed by atoms with Crippen molar-refractivity contribution in [2.24, 2.45) is 5.90 Å². The maximum atomic E-state index is 4.67. The Morgan fingerprint density at radius 1 is 1.50 bits per heavy atom. The highest BCUT2D eigenvalue weighted by molar-refractivity contribution is 5.85. The van der Waals surface area contributed by atoms with Crippen LogP contribution in [-0.4, -0.2) is 20.2 Å². The first-order valence-electron chi connectivity index (χ1n) is 1.88. The number of nitrogens with one attached hydrogen (secondary N) is 1. The van der Waals surface area contributed by atoms with Gasteiger partial charge in [0, 0.05) is 6.54 Å². The molecule has 0 fully saturated rings. The molecule has 3 N–H and O–H groups in total. The molecule has 3 nitrogen and oxygen atoms in total. The highest BCUT2D eigenvalue weighted by atomic mass is 35.5. The number of likely N-dealkylation sites (N-methyl/N-ethyl adjacent to an activating group) is 1. The van der Waals surface area contributed by atoms with Gasteiger partial charge < -0.3 is 10.2 Å². The van der Waals surface area contributed by atoms with E-state index in [4.69, 9.17) is 0 Å². The van der Waals surface area contributed by atoms with E-state index >= 15 is 0 Å². The second-order valence-electron chi connectivity index (χ2n) is 0.974. The Labute approximate surface area is 61.7 Å². The van der Waals surface area contributed by atoms with E-state index in [1.165, 1.54) is 0 Å². The SMILES string of the molecule is CNCCON.Cl.Cl. The van der Waals surface area contributed by atoms with Gasteiger partial charge >= 0.3 is 0 Å². The minimum Gasteiger partial charge on any atom is -0.317 e. The molecule has 0 unspecified atom stereocenters. The average molecular weight is 163 g/mol. The monoisotopic (exact) mass is 162 g/mol. The van der Waals surface area contributed by atoms with Gasteiger partial charge in [-0.05, 0) is 7.05 Å². The van der Waals surface area contributed by atoms with Crippen LogP contribution in [0.1, 0.15) is 0 Å². The molecule has 0 aliphatic heterocycles. The molecule has 8 heavy (non-hydrogen) atoms. The van der Waals surface area contributed by atoms with Crippen LogP contribution in [0.5, 0.6) is 0 Å². The molecule has 0 aromatic rings. The van der Waals surface area contributed by atoms with Gasteiger partial charge in [0.05, 0.1) is 6.61 Å². The summed E-state index contributed by atoms with van der Waals surface area (Å²) in [5.74, 6) is 4.67. The molecule has 0 radical (unpaired) electrons. The Morgan fingerprint density at radius 3 is 2.12 bits per heavy atom. The summed E-state index contributed by atoms with van der Waals surface area (Å²) in [5, 5.41) is 2.86. The van der Waals surface area contributed by atoms with E-state index in [9.17, 15) is 0 Å². The van der Waals surface area contributed by atoms with Crippen LogP contribution in [0.4, 0.5) is 0 Å². The third kappa shape index (κ3) is 16.1. The van der Waals surface area contributed by atoms with Crippen LogP contribution in [-0.2, 0) is 4.84 Å². The summed E-state index contributed by atoms with van der Waals surface area (Å²) >= 11 is 0. The summed E-state index contributed by atoms with van der Waals surface area (Å²) in [6.45, 7) is 1.40. The molecular formula is C3H12Cl2N2O. The molecule has 0 bridgehead atoms. The number of hydrogen-bond donors (Lipinski definition) is 2. The number of nitrogens with two attached hydrogens (primary N) is 1. The van der Waals surface area contributed by atoms with Crippen LogP contribution in [0.25, 0.3) is 0 Å². The first kappa shape index (κ1) is 15.8. The van der Waals surface area contributed by atoms with Crippen molar-refractivity contribution in [1.29, 1.82) is 0 Å². The lowest BCUT2D eigenvalue weighted by atomic mass is 10.7. The minimum atomic E-state index is 0. The Balaban J connectivity index is -0.000000125. The van der Waals surface area contributed by atoms with E-state index < -0.39 is 0 Å². The van der Waals surface area contributed by atoms with Gasteiger partial charge in [-0.1, -0.05) is 0 Å². The third-order valence-electron chi connectivity index (χ3n) is 0.470. The number of halogens is 2. The van der Waals surface area contributed by atoms with Crippen LogP contribution >= 0.6 is 24.8 Å². The Morgan fingerprint density at radius 2 is 2.00 bits per heavy atom. The molecule has 0 amide bonds. The first-order chi connectivity index (χ1) is 2.91. The standard InChI is InChI=1S/C3H10N2O.2ClH/c1-5-2-3-6-4;;/h5H,2-4H2,1H3;2*1H. The lowest BCUT2D eigenvalue weighted by molar-refractivity contribution is 0.141. The van der Waals surface area contributed by atoms with Gasteiger partial charge in [-0.15, -0.1) is 24.8 Å². The van der Waals surface area contributed by atoms with Crippen LogP contribution in [0, 0.1) is 0 Å². The van der Waals surface area contributed by atoms with Crippen LogP contribution < -0.4 is 11.2 Å². The Hall–Kier alpha value is 0.460. The van der Waals surface area contributed by atoms with Gasteiger partial charge in [0.1, 0.15) is 0 Å². The van der Waals surface area contributed by atoms with Crippen molar-refractivity contribution < 1.29 is 4.84 Å². The molecule has 0 aliphatic carbocycles. The van der Waals surface area contributed by atoms with E-state index in [0.29, 0.717) is 6.61 Å². The zero-order valence-corrected chi connectivity index (χ0v) is 6.35. The van der Waals surface area contributed by atoms with Gasteiger partial charge in [0.15, 0.2) is 0 Å². The zero-order valence-electron chi connectivity index (χ0n) is 4.72. The molecule has 0 aliphatic rings. The van der Waals surface area contributed by atoms with E-state index in [0.717, 1.165) is 6.54 Å². The first-order valence-corrected chi connectivity index (χ1v) is 1.88. The lowest BCUT2D eigenvalue weighted by Gasteiger charge is -1.91. The predicted molar refractivity (Wildman–Crippen MR) is 38.6 cm³/mol. The van der Waals surface area contributed by atoms with Gasteiger partial charge in [0.25, 0.3) is 0 Å². The largest absolute Gasteiger partial charge is 0.317 e. The highest BCUT2D eigenvalue weighted by Crippen LogP contribution is 1.53. The molecule has 5 heteroatoms. The molecule has 0 rings (SSSR count). The summed E-state index contributed by atoms with van der Waals surface area (Å²) in [6.07, 6.45) is 0. The topological polar surface area (TPSA) is 47.3 Å². The summed E-state index contributed by atoms with van der Waals surface area (Å²) in [7, 11) is 1.85. The molecule has 0 aromatic carbocycles. The van der Waals surface area contributed by atoms with Gasteiger partial charge in [-0.25, -0.2) is 5.90 Å². The lowest BCUT2D eigenvalue weighted by Crippen LogP contribution is -2.16. The normalized spacial score (nSPS) is 6.75. The minimum absolute atomic E-state index is 0. The summed E-state index contributed by atoms with van der Waals surface area (Å²) in [6, 6.07) is 0. The molecule has 0 heterocycles. The second kappa shape index (κ2) is 15.7. The predicted octanol–water partition coefficient (Wildman–Crippen LogP) is -0.0603. The molecule has 0 aromatic heterocycles. The maximum Gasteiger partial charge on any atom is 0.0803 e. The van der Waals surface area contributed by atoms with Gasteiger partial charge in [-0.3, -0.25) is 0 Å². The van der Waals surface area contributed by atoms with Crippen molar-refractivity contribution in [2.45, 2.75) is 0 Å². The van der Waals surface area contributed by atoms with Crippen LogP contribution in [0.15, 0.2) is 0 Å². The van der Waals surface area contributed by atoms with E-state index in [-0.39, 0.29) is 24.8 Å². The summed E-state index contributed by atoms with van der Waals surface area (Å²) in [5.41, 5.74) is 0. The van der Waals surface area contributed by atoms with Crippen LogP contribution in [0.2, 0.25) is 0 Å². The van der Waals surface area contributed by atoms with Crippen molar-refractivity contribution >= 4 is 24.8 Å². The fraction of sp³-hybridized carbons (Fsp3) is 1.00. The summed E-state index contributed by atoms with van der Waals surface area (Å²) < 4.78 is 0. The molecule has 54 valence electrons. The zero-order chi connectivity index (χ0) is 4.83. The highest BCUT2D eigenvalue weighted by Gasteiger charge is 1.73. The number of hydrogen-bond acceptors (Lipinski definition) is 3. The van der Waals surface area contributed by atoms with Crippen molar-refractivity contribution in [2.75, 3.05) is 20.2 Å². The Kier molecular flexibility index (Phi) is 30.9. The average Bonchev–Trinajstić information content (AvgIpc) is 1.61. The second-order valence-corrected chi connectivity index (χ2v) is 0.974. The molecule has 0 saturated carbocycles. The van der Waals surface area contributed by atoms with E-state index in [1.54, 1.807) is 0 Å². The molecular weight excluding hydrogens is 151 g/mol. The van der Waals surface area contributed by atoms with Crippen molar-refractivity contribution in [3.8, 4) is 0 Å². The molecule has 0 spiro atoms. The van der Waals surface area contributed by atoms with Crippen molar-refractivity contribution in [3.63, 3.8) is 0 Å². The Bertz CT molecular complexity index is 27.2. The number of rotatable bonds is 3. The molecule has 0 atom stereocenters. The summed E-state index contributed by atoms with van der Waals surface area (Å²) in [4.78, 5) is 4.22. The van der Waals surface area contributed by atoms with E-state index in [1.807, 2.05) is 7.05 Å². The molecule has 0 saturated heterocycles. The van der Waals surface area contributed by atoms with Gasteiger partial charge in [0.2, 0.25) is 0 Å². The smallest absolute Gasteiger partial charge is 0.0803 e. The van der Waals surface area contributed by atoms with Crippen LogP contribution in [0.3, 0.4) is 0 Å². The maximum absolute atomic E-state index is 4.67. The third-order valence-corrected chi connectivity index (χ3v) is 0.470. The van der Waals surface area contributed by atoms with Crippen molar-refractivity contribution in [1.82, 2.24) is 5.32 Å². The van der Waals surface area contributed by atoms with Gasteiger partial charge in [-0.2, -0.15) is 0 Å². The fourth-order valence-corrected chi connectivity index (χ4v) is 0.161. The van der Waals surface area contributed by atoms with E-state index in [2.05, 4.69) is 16.1 Å². The van der Waals surface area contributed by atoms with Crippen molar-refractivity contribution in [3.05, 3.63) is 0 Å².